The lowest BCUT2D eigenvalue weighted by Gasteiger charge is -2.27. The molecule has 0 bridgehead atoms. The highest BCUT2D eigenvalue weighted by molar-refractivity contribution is 5.82. The van der Waals surface area contributed by atoms with Gasteiger partial charge in [-0.25, -0.2) is 0 Å². The molecule has 1 fully saturated rings. The van der Waals surface area contributed by atoms with Crippen LogP contribution in [0.15, 0.2) is 24.3 Å². The van der Waals surface area contributed by atoms with Crippen LogP contribution in [0.1, 0.15) is 37.8 Å². The van der Waals surface area contributed by atoms with Gasteiger partial charge in [-0.15, -0.1) is 0 Å². The van der Waals surface area contributed by atoms with Crippen LogP contribution in [0.25, 0.3) is 0 Å². The van der Waals surface area contributed by atoms with Gasteiger partial charge in [-0.3, -0.25) is 4.79 Å². The molecule has 1 aliphatic rings. The van der Waals surface area contributed by atoms with Crippen molar-refractivity contribution in [3.8, 4) is 0 Å². The molecule has 0 saturated heterocycles. The zero-order valence-electron chi connectivity index (χ0n) is 12.1. The van der Waals surface area contributed by atoms with Gasteiger partial charge in [0.05, 0.1) is 6.04 Å². The Balaban J connectivity index is 2.10. The third kappa shape index (κ3) is 3.57. The number of aryl methyl sites for hydroxylation is 1. The smallest absolute Gasteiger partial charge is 0.240 e. The molecule has 19 heavy (non-hydrogen) atoms. The van der Waals surface area contributed by atoms with Crippen LogP contribution in [0, 0.1) is 12.8 Å². The van der Waals surface area contributed by atoms with E-state index in [1.54, 1.807) is 0 Å². The van der Waals surface area contributed by atoms with Gasteiger partial charge < -0.3 is 10.6 Å². The predicted octanol–water partition coefficient (Wildman–Crippen LogP) is 2.47. The first-order valence-electron chi connectivity index (χ1n) is 7.10. The topological polar surface area (TPSA) is 46.3 Å². The minimum atomic E-state index is -0.384. The predicted molar refractivity (Wildman–Crippen MR) is 77.6 cm³/mol. The number of nitrogens with zero attached hydrogens (tertiary/aromatic N) is 1. The van der Waals surface area contributed by atoms with Crippen molar-refractivity contribution in [1.29, 1.82) is 0 Å². The SMILES string of the molecule is Cc1cccc(CN(C(=O)[C@H](N)C(C)C)C2CC2)c1. The number of rotatable bonds is 5. The van der Waals surface area contributed by atoms with Crippen LogP contribution in [-0.4, -0.2) is 22.9 Å². The van der Waals surface area contributed by atoms with Crippen molar-refractivity contribution in [1.82, 2.24) is 4.90 Å². The monoisotopic (exact) mass is 260 g/mol. The molecule has 0 heterocycles. The Hall–Kier alpha value is -1.35. The van der Waals surface area contributed by atoms with Crippen molar-refractivity contribution in [3.63, 3.8) is 0 Å². The number of carbonyl (C=O) groups is 1. The van der Waals surface area contributed by atoms with Crippen LogP contribution in [0.2, 0.25) is 0 Å². The first-order chi connectivity index (χ1) is 8.99. The molecule has 2 N–H and O–H groups in total. The summed E-state index contributed by atoms with van der Waals surface area (Å²) in [4.78, 5) is 14.4. The number of carbonyl (C=O) groups excluding carboxylic acids is 1. The van der Waals surface area contributed by atoms with E-state index >= 15 is 0 Å². The second-order valence-corrected chi connectivity index (χ2v) is 5.96. The first-order valence-corrected chi connectivity index (χ1v) is 7.10. The zero-order valence-corrected chi connectivity index (χ0v) is 12.1. The summed E-state index contributed by atoms with van der Waals surface area (Å²) < 4.78 is 0. The van der Waals surface area contributed by atoms with Crippen LogP contribution < -0.4 is 5.73 Å². The lowest BCUT2D eigenvalue weighted by atomic mass is 10.0. The molecule has 0 radical (unpaired) electrons. The highest BCUT2D eigenvalue weighted by Crippen LogP contribution is 2.29. The van der Waals surface area contributed by atoms with Crippen molar-refractivity contribution in [2.24, 2.45) is 11.7 Å². The third-order valence-electron chi connectivity index (χ3n) is 3.71. The average Bonchev–Trinajstić information content (AvgIpc) is 3.18. The Morgan fingerprint density at radius 3 is 2.63 bits per heavy atom. The number of benzene rings is 1. The van der Waals surface area contributed by atoms with Crippen LogP contribution >= 0.6 is 0 Å². The highest BCUT2D eigenvalue weighted by Gasteiger charge is 2.35. The van der Waals surface area contributed by atoms with Crippen molar-refractivity contribution < 1.29 is 4.79 Å². The largest absolute Gasteiger partial charge is 0.334 e. The van der Waals surface area contributed by atoms with Crippen LogP contribution in [0.3, 0.4) is 0 Å². The van der Waals surface area contributed by atoms with Gasteiger partial charge >= 0.3 is 0 Å². The quantitative estimate of drug-likeness (QED) is 0.884. The molecule has 0 unspecified atom stereocenters. The normalized spacial score (nSPS) is 16.5. The van der Waals surface area contributed by atoms with Crippen LogP contribution in [0.4, 0.5) is 0 Å². The van der Waals surface area contributed by atoms with Gasteiger partial charge in [-0.2, -0.15) is 0 Å². The maximum atomic E-state index is 12.5. The molecule has 1 saturated carbocycles. The van der Waals surface area contributed by atoms with Gasteiger partial charge in [0.1, 0.15) is 0 Å². The Bertz CT molecular complexity index is 452. The molecule has 1 amide bonds. The van der Waals surface area contributed by atoms with Gasteiger partial charge in [0.15, 0.2) is 0 Å². The molecule has 0 aliphatic heterocycles. The Kier molecular flexibility index (Phi) is 4.25. The average molecular weight is 260 g/mol. The number of amides is 1. The lowest BCUT2D eigenvalue weighted by Crippen LogP contribution is -2.47. The maximum absolute atomic E-state index is 12.5. The van der Waals surface area contributed by atoms with Gasteiger partial charge in [-0.05, 0) is 31.2 Å². The summed E-state index contributed by atoms with van der Waals surface area (Å²) in [5.74, 6) is 0.283. The molecule has 1 aromatic rings. The summed E-state index contributed by atoms with van der Waals surface area (Å²) in [6.45, 7) is 6.76. The van der Waals surface area contributed by atoms with Crippen molar-refractivity contribution >= 4 is 5.91 Å². The summed E-state index contributed by atoms with van der Waals surface area (Å²) in [5, 5.41) is 0. The fourth-order valence-electron chi connectivity index (χ4n) is 2.26. The third-order valence-corrected chi connectivity index (χ3v) is 3.71. The van der Waals surface area contributed by atoms with E-state index in [0.29, 0.717) is 12.6 Å². The first kappa shape index (κ1) is 14.1. The van der Waals surface area contributed by atoms with E-state index in [4.69, 9.17) is 5.73 Å². The summed E-state index contributed by atoms with van der Waals surface area (Å²) in [5.41, 5.74) is 8.44. The van der Waals surface area contributed by atoms with Crippen LogP contribution in [0.5, 0.6) is 0 Å². The lowest BCUT2D eigenvalue weighted by molar-refractivity contribution is -0.134. The summed E-state index contributed by atoms with van der Waals surface area (Å²) in [6, 6.07) is 8.36. The van der Waals surface area contributed by atoms with E-state index in [1.807, 2.05) is 24.8 Å². The van der Waals surface area contributed by atoms with E-state index in [1.165, 1.54) is 11.1 Å². The standard InChI is InChI=1S/C16H24N2O/c1-11(2)15(17)16(19)18(14-7-8-14)10-13-6-4-5-12(3)9-13/h4-6,9,11,14-15H,7-8,10,17H2,1-3H3/t15-/m1/s1. The Morgan fingerprint density at radius 1 is 1.42 bits per heavy atom. The van der Waals surface area contributed by atoms with E-state index in [9.17, 15) is 4.79 Å². The molecule has 104 valence electrons. The number of nitrogens with two attached hydrogens (primary N) is 1. The van der Waals surface area contributed by atoms with Gasteiger partial charge in [0.2, 0.25) is 5.91 Å². The van der Waals surface area contributed by atoms with Gasteiger partial charge in [0, 0.05) is 12.6 Å². The molecular formula is C16H24N2O. The fraction of sp³-hybridized carbons (Fsp3) is 0.562. The van der Waals surface area contributed by atoms with Crippen molar-refractivity contribution in [3.05, 3.63) is 35.4 Å². The van der Waals surface area contributed by atoms with Crippen LogP contribution in [-0.2, 0) is 11.3 Å². The second-order valence-electron chi connectivity index (χ2n) is 5.96. The molecule has 3 nitrogen and oxygen atoms in total. The molecule has 1 aliphatic carbocycles. The minimum absolute atomic E-state index is 0.0963. The second kappa shape index (κ2) is 5.74. The molecule has 1 aromatic carbocycles. The Morgan fingerprint density at radius 2 is 2.11 bits per heavy atom. The van der Waals surface area contributed by atoms with Crippen molar-refractivity contribution in [2.45, 2.75) is 52.2 Å². The summed E-state index contributed by atoms with van der Waals surface area (Å²) in [7, 11) is 0. The zero-order chi connectivity index (χ0) is 14.0. The minimum Gasteiger partial charge on any atom is -0.334 e. The summed E-state index contributed by atoms with van der Waals surface area (Å²) >= 11 is 0. The number of hydrogen-bond donors (Lipinski definition) is 1. The highest BCUT2D eigenvalue weighted by atomic mass is 16.2. The summed E-state index contributed by atoms with van der Waals surface area (Å²) in [6.07, 6.45) is 2.23. The molecular weight excluding hydrogens is 236 g/mol. The molecule has 0 spiro atoms. The molecule has 0 aromatic heterocycles. The number of hydrogen-bond acceptors (Lipinski definition) is 2. The van der Waals surface area contributed by atoms with E-state index < -0.39 is 0 Å². The van der Waals surface area contributed by atoms with Gasteiger partial charge in [-0.1, -0.05) is 43.7 Å². The molecule has 1 atom stereocenters. The molecule has 3 heteroatoms. The molecule has 2 rings (SSSR count). The maximum Gasteiger partial charge on any atom is 0.240 e. The van der Waals surface area contributed by atoms with E-state index in [2.05, 4.69) is 25.1 Å². The van der Waals surface area contributed by atoms with Gasteiger partial charge in [0.25, 0.3) is 0 Å². The van der Waals surface area contributed by atoms with E-state index in [0.717, 1.165) is 12.8 Å². The Labute approximate surface area is 115 Å². The fourth-order valence-corrected chi connectivity index (χ4v) is 2.26. The van der Waals surface area contributed by atoms with Crippen molar-refractivity contribution in [2.75, 3.05) is 0 Å². The van der Waals surface area contributed by atoms with E-state index in [-0.39, 0.29) is 17.9 Å².